The zero-order valence-electron chi connectivity index (χ0n) is 16.3. The molecule has 1 N–H and O–H groups in total. The van der Waals surface area contributed by atoms with Gasteiger partial charge >= 0.3 is 11.3 Å². The Bertz CT molecular complexity index is 930. The normalized spacial score (nSPS) is 13.6. The predicted molar refractivity (Wildman–Crippen MR) is 112 cm³/mol. The van der Waals surface area contributed by atoms with Gasteiger partial charge in [0, 0.05) is 17.0 Å². The molecule has 0 atom stereocenters. The van der Waals surface area contributed by atoms with Crippen molar-refractivity contribution in [1.82, 2.24) is 5.01 Å². The molecule has 8 nitrogen and oxygen atoms in total. The van der Waals surface area contributed by atoms with E-state index in [1.807, 2.05) is 30.3 Å². The second-order valence-corrected chi connectivity index (χ2v) is 6.97. The van der Waals surface area contributed by atoms with Crippen molar-refractivity contribution in [3.63, 3.8) is 0 Å². The van der Waals surface area contributed by atoms with Crippen LogP contribution >= 0.6 is 11.8 Å². The van der Waals surface area contributed by atoms with Crippen molar-refractivity contribution >= 4 is 34.5 Å². The summed E-state index contributed by atoms with van der Waals surface area (Å²) in [7, 11) is 4.46. The largest absolute Gasteiger partial charge is 0.493 e. The first-order valence-electron chi connectivity index (χ1n) is 8.72. The number of hydrazone groups is 1. The summed E-state index contributed by atoms with van der Waals surface area (Å²) in [6, 6.07) is 12.7. The van der Waals surface area contributed by atoms with Crippen LogP contribution in [0.25, 0.3) is 0 Å². The van der Waals surface area contributed by atoms with Crippen LogP contribution in [0, 0.1) is 0 Å². The lowest BCUT2D eigenvalue weighted by molar-refractivity contribution is 0.187. The van der Waals surface area contributed by atoms with E-state index in [2.05, 4.69) is 15.2 Å². The van der Waals surface area contributed by atoms with Crippen LogP contribution in [-0.2, 0) is 11.3 Å². The third-order valence-electron chi connectivity index (χ3n) is 4.22. The van der Waals surface area contributed by atoms with Gasteiger partial charge in [-0.25, -0.2) is 9.80 Å². The van der Waals surface area contributed by atoms with Gasteiger partial charge in [0.05, 0.1) is 33.6 Å². The lowest BCUT2D eigenvalue weighted by atomic mass is 10.1. The van der Waals surface area contributed by atoms with Crippen LogP contribution in [0.4, 0.5) is 15.3 Å². The molecule has 2 amide bonds. The van der Waals surface area contributed by atoms with E-state index in [0.717, 1.165) is 16.8 Å². The van der Waals surface area contributed by atoms with Gasteiger partial charge in [0.15, 0.2) is 11.5 Å². The maximum absolute atomic E-state index is 12.3. The smallest absolute Gasteiger partial charge is 0.411 e. The number of ether oxygens (including phenoxy) is 3. The third kappa shape index (κ3) is 5.00. The average molecular weight is 415 g/mol. The molecule has 0 unspecified atom stereocenters. The molecule has 1 heterocycles. The highest BCUT2D eigenvalue weighted by atomic mass is 32.2. The molecule has 9 heteroatoms. The molecule has 0 fully saturated rings. The van der Waals surface area contributed by atoms with Crippen molar-refractivity contribution < 1.29 is 23.8 Å². The van der Waals surface area contributed by atoms with E-state index in [1.165, 1.54) is 23.9 Å². The van der Waals surface area contributed by atoms with Crippen molar-refractivity contribution in [3.8, 4) is 11.5 Å². The summed E-state index contributed by atoms with van der Waals surface area (Å²) in [5.74, 6) is 1.72. The van der Waals surface area contributed by atoms with E-state index in [1.54, 1.807) is 26.4 Å². The zero-order chi connectivity index (χ0) is 20.8. The number of benzene rings is 2. The summed E-state index contributed by atoms with van der Waals surface area (Å²) in [6.45, 7) is 0.321. The SMILES string of the molecule is COC(=O)Nc1ccc(CN2N=C(c3ccc(OC)c(OC)c3)CSC2=O)cc1. The fraction of sp³-hybridized carbons (Fsp3) is 0.250. The minimum atomic E-state index is -0.537. The summed E-state index contributed by atoms with van der Waals surface area (Å²) in [6.07, 6.45) is -0.537. The van der Waals surface area contributed by atoms with Crippen LogP contribution in [0.2, 0.25) is 0 Å². The van der Waals surface area contributed by atoms with Crippen molar-refractivity contribution in [3.05, 3.63) is 53.6 Å². The molecule has 3 rings (SSSR count). The zero-order valence-corrected chi connectivity index (χ0v) is 17.1. The molecule has 2 aromatic rings. The monoisotopic (exact) mass is 415 g/mol. The first-order chi connectivity index (χ1) is 14.0. The summed E-state index contributed by atoms with van der Waals surface area (Å²) >= 11 is 1.20. The first kappa shape index (κ1) is 20.5. The number of hydrogen-bond donors (Lipinski definition) is 1. The highest BCUT2D eigenvalue weighted by Crippen LogP contribution is 2.30. The predicted octanol–water partition coefficient (Wildman–Crippen LogP) is 3.96. The molecular formula is C20H21N3O5S. The molecule has 1 aliphatic rings. The van der Waals surface area contributed by atoms with Gasteiger partial charge in [-0.05, 0) is 35.9 Å². The quantitative estimate of drug-likeness (QED) is 0.768. The van der Waals surface area contributed by atoms with Gasteiger partial charge in [-0.2, -0.15) is 5.10 Å². The Morgan fingerprint density at radius 1 is 1.10 bits per heavy atom. The lowest BCUT2D eigenvalue weighted by Crippen LogP contribution is -2.29. The van der Waals surface area contributed by atoms with Crippen LogP contribution in [0.15, 0.2) is 47.6 Å². The Balaban J connectivity index is 1.77. The van der Waals surface area contributed by atoms with Gasteiger partial charge in [0.2, 0.25) is 0 Å². The van der Waals surface area contributed by atoms with Crippen LogP contribution in [0.5, 0.6) is 11.5 Å². The number of carbonyl (C=O) groups excluding carboxylic acids is 2. The van der Waals surface area contributed by atoms with Crippen LogP contribution in [0.3, 0.4) is 0 Å². The first-order valence-corrected chi connectivity index (χ1v) is 9.70. The maximum atomic E-state index is 12.3. The minimum Gasteiger partial charge on any atom is -0.493 e. The van der Waals surface area contributed by atoms with Crippen molar-refractivity contribution in [2.45, 2.75) is 6.54 Å². The topological polar surface area (TPSA) is 89.5 Å². The molecule has 2 aromatic carbocycles. The van der Waals surface area contributed by atoms with E-state index in [4.69, 9.17) is 9.47 Å². The van der Waals surface area contributed by atoms with Crippen LogP contribution in [-0.4, -0.2) is 49.1 Å². The molecular weight excluding hydrogens is 394 g/mol. The third-order valence-corrected chi connectivity index (χ3v) is 5.09. The summed E-state index contributed by atoms with van der Waals surface area (Å²) in [5.41, 5.74) is 3.13. The minimum absolute atomic E-state index is 0.119. The number of nitrogens with one attached hydrogen (secondary N) is 1. The van der Waals surface area contributed by atoms with Crippen LogP contribution < -0.4 is 14.8 Å². The molecule has 0 saturated carbocycles. The molecule has 0 aliphatic carbocycles. The van der Waals surface area contributed by atoms with Gasteiger partial charge < -0.3 is 14.2 Å². The number of nitrogens with zero attached hydrogens (tertiary/aromatic N) is 2. The van der Waals surface area contributed by atoms with Gasteiger partial charge in [-0.3, -0.25) is 10.1 Å². The fourth-order valence-corrected chi connectivity index (χ4v) is 3.45. The highest BCUT2D eigenvalue weighted by Gasteiger charge is 2.23. The molecule has 0 radical (unpaired) electrons. The Hall–Kier alpha value is -3.20. The number of carbonyl (C=O) groups is 2. The summed E-state index contributed by atoms with van der Waals surface area (Å²) < 4.78 is 15.2. The number of rotatable bonds is 6. The second-order valence-electron chi connectivity index (χ2n) is 6.04. The van der Waals surface area contributed by atoms with Crippen molar-refractivity contribution in [2.24, 2.45) is 5.10 Å². The van der Waals surface area contributed by atoms with Crippen LogP contribution in [0.1, 0.15) is 11.1 Å². The number of hydrogen-bond acceptors (Lipinski definition) is 7. The van der Waals surface area contributed by atoms with Crippen molar-refractivity contribution in [1.29, 1.82) is 0 Å². The standard InChI is InChI=1S/C20H21N3O5S/c1-26-17-9-6-14(10-18(17)27-2)16-12-29-20(25)23(22-16)11-13-4-7-15(8-5-13)21-19(24)28-3/h4-10H,11-12H2,1-3H3,(H,21,24). The number of methoxy groups -OCH3 is 3. The summed E-state index contributed by atoms with van der Waals surface area (Å²) in [4.78, 5) is 23.6. The Morgan fingerprint density at radius 2 is 1.83 bits per heavy atom. The van der Waals surface area contributed by atoms with Gasteiger partial charge in [0.1, 0.15) is 0 Å². The fourth-order valence-electron chi connectivity index (χ4n) is 2.71. The lowest BCUT2D eigenvalue weighted by Gasteiger charge is -2.23. The second kappa shape index (κ2) is 9.33. The Labute approximate surface area is 172 Å². The molecule has 0 bridgehead atoms. The molecule has 0 saturated heterocycles. The molecule has 0 spiro atoms. The van der Waals surface area contributed by atoms with Crippen molar-refractivity contribution in [2.75, 3.05) is 32.4 Å². The molecule has 0 aromatic heterocycles. The van der Waals surface area contributed by atoms with Gasteiger partial charge in [-0.1, -0.05) is 23.9 Å². The number of amides is 2. The molecule has 29 heavy (non-hydrogen) atoms. The number of anilines is 1. The maximum Gasteiger partial charge on any atom is 0.411 e. The van der Waals surface area contributed by atoms with E-state index in [9.17, 15) is 9.59 Å². The molecule has 1 aliphatic heterocycles. The summed E-state index contributed by atoms with van der Waals surface area (Å²) in [5, 5.41) is 8.44. The van der Waals surface area contributed by atoms with Gasteiger partial charge in [-0.15, -0.1) is 0 Å². The Morgan fingerprint density at radius 3 is 2.48 bits per heavy atom. The average Bonchev–Trinajstić information content (AvgIpc) is 2.76. The van der Waals surface area contributed by atoms with E-state index in [-0.39, 0.29) is 5.24 Å². The van der Waals surface area contributed by atoms with Gasteiger partial charge in [0.25, 0.3) is 0 Å². The van der Waals surface area contributed by atoms with E-state index in [0.29, 0.717) is 29.5 Å². The van der Waals surface area contributed by atoms with E-state index < -0.39 is 6.09 Å². The Kier molecular flexibility index (Phi) is 6.61. The number of thioether (sulfide) groups is 1. The van der Waals surface area contributed by atoms with E-state index >= 15 is 0 Å². The highest BCUT2D eigenvalue weighted by molar-refractivity contribution is 8.14. The molecule has 152 valence electrons.